The second-order valence-corrected chi connectivity index (χ2v) is 4.81. The zero-order chi connectivity index (χ0) is 13.8. The van der Waals surface area contributed by atoms with Gasteiger partial charge in [0.25, 0.3) is 0 Å². The van der Waals surface area contributed by atoms with Crippen molar-refractivity contribution in [3.05, 3.63) is 11.3 Å². The van der Waals surface area contributed by atoms with Gasteiger partial charge in [-0.3, -0.25) is 4.79 Å². The monoisotopic (exact) mass is 284 g/mol. The van der Waals surface area contributed by atoms with E-state index in [0.717, 1.165) is 19.4 Å². The molecule has 2 N–H and O–H groups in total. The van der Waals surface area contributed by atoms with Crippen molar-refractivity contribution < 1.29 is 9.53 Å². The molecule has 0 aromatic carbocycles. The van der Waals surface area contributed by atoms with Gasteiger partial charge < -0.3 is 15.4 Å². The van der Waals surface area contributed by atoms with Gasteiger partial charge >= 0.3 is 5.97 Å². The highest BCUT2D eigenvalue weighted by molar-refractivity contribution is 6.35. The molecule has 1 aromatic rings. The van der Waals surface area contributed by atoms with Gasteiger partial charge in [-0.15, -0.1) is 0 Å². The number of rotatable bonds is 3. The molecule has 0 bridgehead atoms. The Morgan fingerprint density at radius 3 is 3.16 bits per heavy atom. The minimum absolute atomic E-state index is 0.138. The molecule has 1 fully saturated rings. The first-order chi connectivity index (χ1) is 9.13. The standard InChI is InChI=1S/C12H17ClN4O2/c1-2-19-12(18)8-4-3-5-17(6-8)11-9(13)10(14)15-7-16-11/h7-8H,2-6H2,1H3,(H2,14,15,16). The van der Waals surface area contributed by atoms with Gasteiger partial charge in [-0.2, -0.15) is 0 Å². The molecule has 1 aliphatic rings. The van der Waals surface area contributed by atoms with Crippen LogP contribution in [-0.2, 0) is 9.53 Å². The van der Waals surface area contributed by atoms with Crippen LogP contribution in [0.2, 0.25) is 5.02 Å². The minimum atomic E-state index is -0.162. The lowest BCUT2D eigenvalue weighted by Crippen LogP contribution is -2.40. The number of ether oxygens (including phenoxy) is 1. The number of piperidine rings is 1. The molecule has 0 radical (unpaired) electrons. The first-order valence-electron chi connectivity index (χ1n) is 6.31. The van der Waals surface area contributed by atoms with Gasteiger partial charge in [-0.25, -0.2) is 9.97 Å². The molecular formula is C12H17ClN4O2. The summed E-state index contributed by atoms with van der Waals surface area (Å²) in [6, 6.07) is 0. The summed E-state index contributed by atoms with van der Waals surface area (Å²) in [6.45, 7) is 3.55. The quantitative estimate of drug-likeness (QED) is 0.847. The molecule has 1 aliphatic heterocycles. The molecule has 1 atom stereocenters. The van der Waals surface area contributed by atoms with Gasteiger partial charge in [0.1, 0.15) is 17.2 Å². The van der Waals surface area contributed by atoms with E-state index in [-0.39, 0.29) is 17.7 Å². The predicted octanol–water partition coefficient (Wildman–Crippen LogP) is 1.49. The van der Waals surface area contributed by atoms with E-state index in [4.69, 9.17) is 22.1 Å². The van der Waals surface area contributed by atoms with E-state index in [2.05, 4.69) is 9.97 Å². The average molecular weight is 285 g/mol. The van der Waals surface area contributed by atoms with E-state index in [0.29, 0.717) is 24.0 Å². The van der Waals surface area contributed by atoms with Gasteiger partial charge in [-0.05, 0) is 19.8 Å². The summed E-state index contributed by atoms with van der Waals surface area (Å²) in [4.78, 5) is 21.7. The fourth-order valence-corrected chi connectivity index (χ4v) is 2.43. The number of nitrogens with zero attached hydrogens (tertiary/aromatic N) is 3. The summed E-state index contributed by atoms with van der Waals surface area (Å²) in [7, 11) is 0. The Kier molecular flexibility index (Phi) is 4.42. The fourth-order valence-electron chi connectivity index (χ4n) is 2.22. The number of aromatic nitrogens is 2. The number of esters is 1. The van der Waals surface area contributed by atoms with E-state index in [1.54, 1.807) is 6.92 Å². The number of anilines is 2. The minimum Gasteiger partial charge on any atom is -0.466 e. The Morgan fingerprint density at radius 1 is 1.63 bits per heavy atom. The van der Waals surface area contributed by atoms with Crippen molar-refractivity contribution >= 4 is 29.2 Å². The van der Waals surface area contributed by atoms with Gasteiger partial charge in [0.2, 0.25) is 0 Å². The number of nitrogens with two attached hydrogens (primary N) is 1. The average Bonchev–Trinajstić information content (AvgIpc) is 2.42. The van der Waals surface area contributed by atoms with Gasteiger partial charge in [0.05, 0.1) is 12.5 Å². The van der Waals surface area contributed by atoms with Crippen LogP contribution in [0.5, 0.6) is 0 Å². The number of hydrogen-bond acceptors (Lipinski definition) is 6. The van der Waals surface area contributed by atoms with Crippen LogP contribution in [-0.4, -0.2) is 35.6 Å². The summed E-state index contributed by atoms with van der Waals surface area (Å²) < 4.78 is 5.06. The third kappa shape index (κ3) is 3.07. The molecule has 6 nitrogen and oxygen atoms in total. The van der Waals surface area contributed by atoms with Crippen LogP contribution < -0.4 is 10.6 Å². The number of carbonyl (C=O) groups is 1. The summed E-state index contributed by atoms with van der Waals surface area (Å²) >= 11 is 6.11. The van der Waals surface area contributed by atoms with Crippen molar-refractivity contribution in [3.8, 4) is 0 Å². The second kappa shape index (κ2) is 6.06. The summed E-state index contributed by atoms with van der Waals surface area (Å²) in [5.41, 5.74) is 5.67. The largest absolute Gasteiger partial charge is 0.466 e. The summed E-state index contributed by atoms with van der Waals surface area (Å²) in [5.74, 6) is 0.541. The van der Waals surface area contributed by atoms with E-state index in [9.17, 15) is 4.79 Å². The van der Waals surface area contributed by atoms with Crippen molar-refractivity contribution in [1.82, 2.24) is 9.97 Å². The first kappa shape index (κ1) is 13.9. The van der Waals surface area contributed by atoms with Gasteiger partial charge in [0.15, 0.2) is 5.82 Å². The maximum atomic E-state index is 11.8. The molecule has 1 aromatic heterocycles. The normalized spacial score (nSPS) is 19.3. The zero-order valence-electron chi connectivity index (χ0n) is 10.8. The Bertz CT molecular complexity index is 469. The highest BCUT2D eigenvalue weighted by Crippen LogP contribution is 2.30. The van der Waals surface area contributed by atoms with E-state index in [1.165, 1.54) is 6.33 Å². The third-order valence-corrected chi connectivity index (χ3v) is 3.50. The molecule has 2 rings (SSSR count). The van der Waals surface area contributed by atoms with E-state index >= 15 is 0 Å². The van der Waals surface area contributed by atoms with Crippen molar-refractivity contribution in [2.24, 2.45) is 5.92 Å². The van der Waals surface area contributed by atoms with Crippen LogP contribution >= 0.6 is 11.6 Å². The molecule has 2 heterocycles. The zero-order valence-corrected chi connectivity index (χ0v) is 11.6. The number of halogens is 1. The smallest absolute Gasteiger partial charge is 0.310 e. The Morgan fingerprint density at radius 2 is 2.42 bits per heavy atom. The van der Waals surface area contributed by atoms with Crippen LogP contribution in [0.3, 0.4) is 0 Å². The third-order valence-electron chi connectivity index (χ3n) is 3.14. The second-order valence-electron chi connectivity index (χ2n) is 4.43. The van der Waals surface area contributed by atoms with Crippen molar-refractivity contribution in [1.29, 1.82) is 0 Å². The van der Waals surface area contributed by atoms with Crippen molar-refractivity contribution in [2.45, 2.75) is 19.8 Å². The van der Waals surface area contributed by atoms with Crippen LogP contribution in [0.4, 0.5) is 11.6 Å². The highest BCUT2D eigenvalue weighted by Gasteiger charge is 2.28. The maximum Gasteiger partial charge on any atom is 0.310 e. The molecule has 0 aliphatic carbocycles. The molecule has 1 saturated heterocycles. The molecule has 0 spiro atoms. The van der Waals surface area contributed by atoms with Crippen LogP contribution in [0.15, 0.2) is 6.33 Å². The lowest BCUT2D eigenvalue weighted by molar-refractivity contribution is -0.148. The molecule has 1 unspecified atom stereocenters. The number of carbonyl (C=O) groups excluding carboxylic acids is 1. The predicted molar refractivity (Wildman–Crippen MR) is 73.0 cm³/mol. The summed E-state index contributed by atoms with van der Waals surface area (Å²) in [6.07, 6.45) is 3.10. The molecule has 7 heteroatoms. The van der Waals surface area contributed by atoms with Crippen LogP contribution in [0, 0.1) is 5.92 Å². The van der Waals surface area contributed by atoms with Crippen LogP contribution in [0.1, 0.15) is 19.8 Å². The highest BCUT2D eigenvalue weighted by atomic mass is 35.5. The Labute approximate surface area is 116 Å². The maximum absolute atomic E-state index is 11.8. The molecule has 104 valence electrons. The molecular weight excluding hydrogens is 268 g/mol. The molecule has 0 amide bonds. The van der Waals surface area contributed by atoms with Gasteiger partial charge in [-0.1, -0.05) is 11.6 Å². The first-order valence-corrected chi connectivity index (χ1v) is 6.68. The van der Waals surface area contributed by atoms with E-state index in [1.807, 2.05) is 4.90 Å². The van der Waals surface area contributed by atoms with Crippen molar-refractivity contribution in [2.75, 3.05) is 30.3 Å². The van der Waals surface area contributed by atoms with Crippen molar-refractivity contribution in [3.63, 3.8) is 0 Å². The number of nitrogen functional groups attached to an aromatic ring is 1. The molecule has 0 saturated carbocycles. The topological polar surface area (TPSA) is 81.3 Å². The molecule has 19 heavy (non-hydrogen) atoms. The number of hydrogen-bond donors (Lipinski definition) is 1. The fraction of sp³-hybridized carbons (Fsp3) is 0.583. The lowest BCUT2D eigenvalue weighted by Gasteiger charge is -2.32. The lowest BCUT2D eigenvalue weighted by atomic mass is 9.98. The Hall–Kier alpha value is -1.56. The Balaban J connectivity index is 2.13. The van der Waals surface area contributed by atoms with Crippen LogP contribution in [0.25, 0.3) is 0 Å². The SMILES string of the molecule is CCOC(=O)C1CCCN(c2ncnc(N)c2Cl)C1. The van der Waals surface area contributed by atoms with Gasteiger partial charge in [0, 0.05) is 13.1 Å². The van der Waals surface area contributed by atoms with E-state index < -0.39 is 0 Å². The summed E-state index contributed by atoms with van der Waals surface area (Å²) in [5, 5.41) is 0.340.